The van der Waals surface area contributed by atoms with E-state index in [-0.39, 0.29) is 5.91 Å². The highest BCUT2D eigenvalue weighted by molar-refractivity contribution is 7.20. The van der Waals surface area contributed by atoms with E-state index in [0.717, 1.165) is 49.3 Å². The zero-order chi connectivity index (χ0) is 20.8. The quantitative estimate of drug-likeness (QED) is 0.484. The van der Waals surface area contributed by atoms with E-state index in [9.17, 15) is 4.79 Å². The fraction of sp³-hybridized carbons (Fsp3) is 0.450. The molecule has 2 aliphatic heterocycles. The molecule has 8 nitrogen and oxygen atoms in total. The third kappa shape index (κ3) is 5.75. The van der Waals surface area contributed by atoms with Crippen molar-refractivity contribution < 1.29 is 29.3 Å². The van der Waals surface area contributed by atoms with Gasteiger partial charge >= 0.3 is 11.9 Å². The van der Waals surface area contributed by atoms with Crippen LogP contribution < -0.4 is 5.32 Å². The van der Waals surface area contributed by atoms with Crippen molar-refractivity contribution in [2.75, 3.05) is 26.2 Å². The molecular weight excluding hydrogens is 396 g/mol. The number of carboxylic acid groups (broad SMARTS) is 2. The molecule has 29 heavy (non-hydrogen) atoms. The monoisotopic (exact) mass is 420 g/mol. The Hall–Kier alpha value is -2.49. The number of carbonyl (C=O) groups is 3. The van der Waals surface area contributed by atoms with Gasteiger partial charge in [-0.15, -0.1) is 11.3 Å². The molecule has 2 unspecified atom stereocenters. The number of benzene rings is 1. The molecule has 2 bridgehead atoms. The number of amides is 1. The van der Waals surface area contributed by atoms with Gasteiger partial charge in [-0.25, -0.2) is 9.59 Å². The Morgan fingerprint density at radius 3 is 2.55 bits per heavy atom. The predicted molar refractivity (Wildman–Crippen MR) is 108 cm³/mol. The first kappa shape index (κ1) is 21.2. The van der Waals surface area contributed by atoms with Gasteiger partial charge in [0, 0.05) is 23.8 Å². The third-order valence-corrected chi connectivity index (χ3v) is 6.12. The van der Waals surface area contributed by atoms with Crippen LogP contribution in [0.3, 0.4) is 0 Å². The Labute approximate surface area is 172 Å². The highest BCUT2D eigenvalue weighted by Gasteiger charge is 2.38. The number of hydrogen-bond donors (Lipinski definition) is 3. The van der Waals surface area contributed by atoms with E-state index in [1.807, 2.05) is 18.2 Å². The summed E-state index contributed by atoms with van der Waals surface area (Å²) in [7, 11) is 0. The zero-order valence-corrected chi connectivity index (χ0v) is 16.7. The lowest BCUT2D eigenvalue weighted by molar-refractivity contribution is -0.159. The Morgan fingerprint density at radius 1 is 1.17 bits per heavy atom. The summed E-state index contributed by atoms with van der Waals surface area (Å²) in [6, 6.07) is 10.8. The minimum Gasteiger partial charge on any atom is -0.473 e. The SMILES string of the molecule is O=C(NCCCCN1CC2CC1CO2)c1cc2ccccc2s1.O=C(O)C(=O)O. The molecule has 0 spiro atoms. The summed E-state index contributed by atoms with van der Waals surface area (Å²) in [6.07, 6.45) is 3.86. The Kier molecular flexibility index (Phi) is 7.18. The fourth-order valence-corrected chi connectivity index (χ4v) is 4.55. The van der Waals surface area contributed by atoms with E-state index < -0.39 is 11.9 Å². The highest BCUT2D eigenvalue weighted by atomic mass is 32.1. The second kappa shape index (κ2) is 9.82. The number of carbonyl (C=O) groups excluding carboxylic acids is 1. The van der Waals surface area contributed by atoms with Crippen LogP contribution in [0.15, 0.2) is 30.3 Å². The van der Waals surface area contributed by atoms with Gasteiger partial charge in [0.25, 0.3) is 5.91 Å². The van der Waals surface area contributed by atoms with E-state index in [1.54, 1.807) is 11.3 Å². The smallest absolute Gasteiger partial charge is 0.414 e. The first-order chi connectivity index (χ1) is 13.9. The van der Waals surface area contributed by atoms with Crippen LogP contribution in [0.1, 0.15) is 28.9 Å². The van der Waals surface area contributed by atoms with Crippen LogP contribution in [0.2, 0.25) is 0 Å². The molecule has 1 amide bonds. The van der Waals surface area contributed by atoms with Gasteiger partial charge in [-0.2, -0.15) is 0 Å². The maximum Gasteiger partial charge on any atom is 0.414 e. The number of nitrogens with zero attached hydrogens (tertiary/aromatic N) is 1. The van der Waals surface area contributed by atoms with Gasteiger partial charge < -0.3 is 20.3 Å². The van der Waals surface area contributed by atoms with E-state index in [2.05, 4.69) is 22.3 Å². The van der Waals surface area contributed by atoms with Crippen molar-refractivity contribution in [2.45, 2.75) is 31.4 Å². The van der Waals surface area contributed by atoms with Gasteiger partial charge in [0.1, 0.15) is 0 Å². The van der Waals surface area contributed by atoms with Crippen molar-refractivity contribution in [3.8, 4) is 0 Å². The van der Waals surface area contributed by atoms with E-state index >= 15 is 0 Å². The number of aliphatic carboxylic acids is 2. The first-order valence-corrected chi connectivity index (χ1v) is 10.3. The molecule has 0 saturated carbocycles. The van der Waals surface area contributed by atoms with Gasteiger partial charge in [0.2, 0.25) is 0 Å². The maximum atomic E-state index is 12.2. The van der Waals surface area contributed by atoms with Crippen LogP contribution in [-0.4, -0.2) is 71.3 Å². The molecule has 9 heteroatoms. The van der Waals surface area contributed by atoms with Crippen molar-refractivity contribution in [3.63, 3.8) is 0 Å². The number of morpholine rings is 1. The number of thiophene rings is 1. The first-order valence-electron chi connectivity index (χ1n) is 9.52. The molecule has 2 fully saturated rings. The fourth-order valence-electron chi connectivity index (χ4n) is 3.58. The summed E-state index contributed by atoms with van der Waals surface area (Å²) >= 11 is 1.56. The summed E-state index contributed by atoms with van der Waals surface area (Å²) in [5, 5.41) is 19.0. The normalized spacial score (nSPS) is 20.3. The second-order valence-electron chi connectivity index (χ2n) is 7.06. The van der Waals surface area contributed by atoms with Crippen molar-refractivity contribution >= 4 is 39.3 Å². The summed E-state index contributed by atoms with van der Waals surface area (Å²) in [5.41, 5.74) is 0. The molecule has 2 saturated heterocycles. The molecule has 1 aromatic carbocycles. The lowest BCUT2D eigenvalue weighted by atomic mass is 10.2. The zero-order valence-electron chi connectivity index (χ0n) is 15.9. The molecule has 2 aromatic rings. The van der Waals surface area contributed by atoms with Crippen LogP contribution in [0.25, 0.3) is 10.1 Å². The largest absolute Gasteiger partial charge is 0.473 e. The summed E-state index contributed by atoms with van der Waals surface area (Å²) in [4.78, 5) is 33.8. The number of hydrogen-bond acceptors (Lipinski definition) is 6. The van der Waals surface area contributed by atoms with Crippen LogP contribution in [-0.2, 0) is 14.3 Å². The van der Waals surface area contributed by atoms with Crippen LogP contribution in [0, 0.1) is 0 Å². The number of likely N-dealkylation sites (tertiary alicyclic amines) is 1. The molecule has 0 radical (unpaired) electrons. The second-order valence-corrected chi connectivity index (χ2v) is 8.15. The van der Waals surface area contributed by atoms with Crippen molar-refractivity contribution in [1.29, 1.82) is 0 Å². The van der Waals surface area contributed by atoms with E-state index in [0.29, 0.717) is 12.1 Å². The van der Waals surface area contributed by atoms with Crippen LogP contribution in [0.4, 0.5) is 0 Å². The number of rotatable bonds is 6. The maximum absolute atomic E-state index is 12.2. The number of ether oxygens (including phenoxy) is 1. The van der Waals surface area contributed by atoms with Crippen molar-refractivity contribution in [1.82, 2.24) is 10.2 Å². The lowest BCUT2D eigenvalue weighted by Gasteiger charge is -2.26. The average Bonchev–Trinajstić information content (AvgIpc) is 3.43. The van der Waals surface area contributed by atoms with Crippen molar-refractivity contribution in [3.05, 3.63) is 35.2 Å². The summed E-state index contributed by atoms with van der Waals surface area (Å²) in [5.74, 6) is -3.59. The number of unbranched alkanes of at least 4 members (excludes halogenated alkanes) is 1. The Morgan fingerprint density at radius 2 is 1.93 bits per heavy atom. The Balaban J connectivity index is 0.000000353. The third-order valence-electron chi connectivity index (χ3n) is 5.00. The number of fused-ring (bicyclic) bond motifs is 3. The summed E-state index contributed by atoms with van der Waals surface area (Å²) < 4.78 is 6.79. The van der Waals surface area contributed by atoms with E-state index in [1.165, 1.54) is 11.1 Å². The topological polar surface area (TPSA) is 116 Å². The van der Waals surface area contributed by atoms with Gasteiger partial charge in [-0.3, -0.25) is 9.69 Å². The molecule has 2 atom stereocenters. The molecule has 3 heterocycles. The molecule has 156 valence electrons. The summed E-state index contributed by atoms with van der Waals surface area (Å²) in [6.45, 7) is 3.89. The molecule has 0 aliphatic carbocycles. The molecular formula is C20H24N2O6S. The van der Waals surface area contributed by atoms with Crippen LogP contribution >= 0.6 is 11.3 Å². The van der Waals surface area contributed by atoms with Gasteiger partial charge in [-0.1, -0.05) is 18.2 Å². The van der Waals surface area contributed by atoms with Crippen molar-refractivity contribution in [2.24, 2.45) is 0 Å². The minimum atomic E-state index is -1.82. The highest BCUT2D eigenvalue weighted by Crippen LogP contribution is 2.28. The van der Waals surface area contributed by atoms with Gasteiger partial charge in [-0.05, 0) is 43.3 Å². The number of carboxylic acids is 2. The molecule has 2 aliphatic rings. The molecule has 3 N–H and O–H groups in total. The molecule has 1 aromatic heterocycles. The van der Waals surface area contributed by atoms with Crippen LogP contribution in [0.5, 0.6) is 0 Å². The average molecular weight is 420 g/mol. The number of nitrogens with one attached hydrogen (secondary N) is 1. The van der Waals surface area contributed by atoms with Gasteiger partial charge in [0.05, 0.1) is 17.6 Å². The van der Waals surface area contributed by atoms with E-state index in [4.69, 9.17) is 24.5 Å². The molecule has 4 rings (SSSR count). The Bertz CT molecular complexity index is 838. The predicted octanol–water partition coefficient (Wildman–Crippen LogP) is 2.04. The minimum absolute atomic E-state index is 0.0554. The lowest BCUT2D eigenvalue weighted by Crippen LogP contribution is -2.37. The standard InChI is InChI=1S/C18H22N2O2S.C2H2O4/c21-18(17-9-13-5-1-2-6-16(13)23-17)19-7-3-4-8-20-11-15-10-14(20)12-22-15;3-1(4)2(5)6/h1-2,5-6,9,14-15H,3-4,7-8,10-12H2,(H,19,21);(H,3,4)(H,5,6). The van der Waals surface area contributed by atoms with Gasteiger partial charge in [0.15, 0.2) is 0 Å².